The molecule has 0 saturated heterocycles. The molecule has 24 heavy (non-hydrogen) atoms. The van der Waals surface area contributed by atoms with Gasteiger partial charge in [-0.3, -0.25) is 0 Å². The molecular weight excluding hydrogens is 396 g/mol. The first-order valence-corrected chi connectivity index (χ1v) is 8.21. The van der Waals surface area contributed by atoms with E-state index >= 15 is 0 Å². The van der Waals surface area contributed by atoms with Crippen molar-refractivity contribution < 1.29 is 51.8 Å². The van der Waals surface area contributed by atoms with Crippen molar-refractivity contribution >= 4 is 70.7 Å². The van der Waals surface area contributed by atoms with Gasteiger partial charge in [-0.05, 0) is 0 Å². The molecule has 0 nitrogen and oxygen atoms in total. The maximum atomic E-state index is 9.75. The molecule has 0 saturated carbocycles. The second-order valence-corrected chi connectivity index (χ2v) is 4.93. The average Bonchev–Trinajstić information content (AvgIpc) is 2.23. The summed E-state index contributed by atoms with van der Waals surface area (Å²) in [7, 11) is -18.0. The number of aryl methyl sites for hydroxylation is 1. The molecule has 138 valence electrons. The first kappa shape index (κ1) is 29.0. The second-order valence-electron chi connectivity index (χ2n) is 3.82. The fourth-order valence-corrected chi connectivity index (χ4v) is 1.56. The first-order chi connectivity index (χ1) is 10.3. The molecule has 0 spiro atoms. The molecule has 1 aromatic rings. The van der Waals surface area contributed by atoms with Crippen molar-refractivity contribution in [3.05, 3.63) is 35.4 Å². The zero-order valence-electron chi connectivity index (χ0n) is 12.3. The van der Waals surface area contributed by atoms with E-state index in [0.717, 1.165) is 49.0 Å². The molecule has 0 unspecified atom stereocenters. The number of halogens is 12. The normalized spacial score (nSPS) is 11.1. The summed E-state index contributed by atoms with van der Waals surface area (Å²) in [4.78, 5) is 0. The van der Waals surface area contributed by atoms with Crippen molar-refractivity contribution in [2.75, 3.05) is 0 Å². The van der Waals surface area contributed by atoms with Crippen molar-refractivity contribution in [1.82, 2.24) is 0 Å². The molecule has 0 aliphatic rings. The summed E-state index contributed by atoms with van der Waals surface area (Å²) in [6.07, 6.45) is 0. The van der Waals surface area contributed by atoms with E-state index in [9.17, 15) is 51.8 Å². The third kappa shape index (κ3) is 67.0. The Kier molecular flexibility index (Phi) is 16.2. The molecule has 0 aliphatic heterocycles. The van der Waals surface area contributed by atoms with E-state index in [2.05, 4.69) is 31.2 Å². The van der Waals surface area contributed by atoms with Gasteiger partial charge in [0.2, 0.25) is 0 Å². The Bertz CT molecular complexity index is 366. The minimum absolute atomic E-state index is 0.961. The first-order valence-electron chi connectivity index (χ1n) is 6.00. The van der Waals surface area contributed by atoms with Gasteiger partial charge < -0.3 is 51.8 Å². The Morgan fingerprint density at radius 2 is 0.833 bits per heavy atom. The fourth-order valence-electron chi connectivity index (χ4n) is 0.824. The van der Waals surface area contributed by atoms with Crippen LogP contribution >= 0.6 is 0 Å². The predicted octanol–water partition coefficient (Wildman–Crippen LogP) is 5.56. The van der Waals surface area contributed by atoms with Crippen LogP contribution in [0.15, 0.2) is 24.3 Å². The van der Waals surface area contributed by atoms with Crippen LogP contribution in [0.4, 0.5) is 51.8 Å². The maximum Gasteiger partial charge on any atom is 0.673 e. The Hall–Kier alpha value is 0.211. The third-order valence-corrected chi connectivity index (χ3v) is 2.80. The zero-order valence-corrected chi connectivity index (χ0v) is 15.4. The molecule has 1 rings (SSSR count). The molecule has 0 N–H and O–H groups in total. The standard InChI is InChI=1S/C8H9.3BF4.K/c1-7-3-5-8(2)6-4-7;3*2-1(3,4)5;/h3-6H,1H2,2H3;;;;/q;3*-1;. The molecule has 0 atom stereocenters. The van der Waals surface area contributed by atoms with Crippen LogP contribution in [0, 0.1) is 6.92 Å². The maximum absolute atomic E-state index is 9.75. The van der Waals surface area contributed by atoms with Crippen LogP contribution in [0.1, 0.15) is 11.1 Å². The minimum atomic E-state index is -6.00. The van der Waals surface area contributed by atoms with Crippen LogP contribution < -0.4 is 0 Å². The summed E-state index contributed by atoms with van der Waals surface area (Å²) in [6, 6.07) is 8.81. The van der Waals surface area contributed by atoms with Crippen LogP contribution in [0.2, 0.25) is 0 Å². The number of rotatable bonds is 1. The van der Waals surface area contributed by atoms with E-state index in [1.54, 1.807) is 0 Å². The molecule has 16 heteroatoms. The molecule has 0 radical (unpaired) electrons. The Morgan fingerprint density at radius 1 is 0.625 bits per heavy atom. The van der Waals surface area contributed by atoms with Crippen molar-refractivity contribution in [3.8, 4) is 0 Å². The number of hydrogen-bond acceptors (Lipinski definition) is 0. The Morgan fingerprint density at radius 3 is 1.00 bits per heavy atom. The van der Waals surface area contributed by atoms with Gasteiger partial charge in [0.25, 0.3) is 0 Å². The summed E-state index contributed by atoms with van der Waals surface area (Å²) < 4.78 is 118. The summed E-state index contributed by atoms with van der Waals surface area (Å²) in [6.45, 7) is 2.13. The van der Waals surface area contributed by atoms with E-state index in [-0.39, 0.29) is 0 Å². The van der Waals surface area contributed by atoms with Crippen LogP contribution in [0.3, 0.4) is 0 Å². The van der Waals surface area contributed by atoms with E-state index in [4.69, 9.17) is 0 Å². The summed E-state index contributed by atoms with van der Waals surface area (Å²) >= 11 is 0.961. The molecule has 0 aromatic heterocycles. The monoisotopic (exact) mass is 405 g/mol. The van der Waals surface area contributed by atoms with E-state index < -0.39 is 21.8 Å². The van der Waals surface area contributed by atoms with Gasteiger partial charge >= 0.3 is 114 Å². The van der Waals surface area contributed by atoms with E-state index in [1.165, 1.54) is 11.6 Å². The second kappa shape index (κ2) is 13.4. The molecule has 0 bridgehead atoms. The van der Waals surface area contributed by atoms with Crippen molar-refractivity contribution in [2.24, 2.45) is 0 Å². The molecular formula is C8H9B3F12K-3. The number of hydrogen-bond donors (Lipinski definition) is 0. The minimum Gasteiger partial charge on any atom is -0.418 e. The van der Waals surface area contributed by atoms with Crippen LogP contribution in [0.5, 0.6) is 0 Å². The smallest absolute Gasteiger partial charge is 0.418 e. The quantitative estimate of drug-likeness (QED) is 0.424. The summed E-state index contributed by atoms with van der Waals surface area (Å²) in [5.74, 6) is 0. The van der Waals surface area contributed by atoms with Crippen molar-refractivity contribution in [3.63, 3.8) is 0 Å². The van der Waals surface area contributed by atoms with Crippen LogP contribution in [-0.4, -0.2) is 70.7 Å². The van der Waals surface area contributed by atoms with Gasteiger partial charge in [-0.2, -0.15) is 0 Å². The van der Waals surface area contributed by atoms with Crippen molar-refractivity contribution in [1.29, 1.82) is 0 Å². The number of benzene rings is 1. The van der Waals surface area contributed by atoms with Crippen LogP contribution in [-0.2, 0) is 0.515 Å². The summed E-state index contributed by atoms with van der Waals surface area (Å²) in [5.41, 5.74) is 2.86. The third-order valence-electron chi connectivity index (χ3n) is 1.53. The fraction of sp³-hybridized carbons (Fsp3) is 0.250. The van der Waals surface area contributed by atoms with E-state index in [1.807, 2.05) is 0 Å². The SMILES string of the molecule is Cc1ccc([CH2][K])cc1.F[B-](F)(F)F.F[B-](F)(F)F.F[B-](F)(F)F. The molecule has 0 aliphatic carbocycles. The molecule has 1 aromatic carbocycles. The molecule has 0 fully saturated rings. The van der Waals surface area contributed by atoms with E-state index in [0.29, 0.717) is 0 Å². The van der Waals surface area contributed by atoms with Gasteiger partial charge in [-0.25, -0.2) is 0 Å². The Balaban J connectivity index is -0.000000259. The van der Waals surface area contributed by atoms with Gasteiger partial charge in [0.05, 0.1) is 0 Å². The van der Waals surface area contributed by atoms with Gasteiger partial charge in [0.1, 0.15) is 0 Å². The van der Waals surface area contributed by atoms with Gasteiger partial charge in [0, 0.05) is 0 Å². The van der Waals surface area contributed by atoms with Gasteiger partial charge in [-0.1, -0.05) is 0 Å². The Labute approximate surface area is 164 Å². The van der Waals surface area contributed by atoms with Gasteiger partial charge in [0.15, 0.2) is 0 Å². The topological polar surface area (TPSA) is 0 Å². The average molecular weight is 405 g/mol. The van der Waals surface area contributed by atoms with Gasteiger partial charge in [-0.15, -0.1) is 0 Å². The zero-order chi connectivity index (χ0) is 20.2. The van der Waals surface area contributed by atoms with Crippen molar-refractivity contribution in [2.45, 2.75) is 7.44 Å². The molecule has 0 amide bonds. The molecule has 0 heterocycles. The van der Waals surface area contributed by atoms with Crippen LogP contribution in [0.25, 0.3) is 0 Å². The summed E-state index contributed by atoms with van der Waals surface area (Å²) in [5, 5.41) is 0. The predicted molar refractivity (Wildman–Crippen MR) is 71.2 cm³/mol. The largest absolute Gasteiger partial charge is 0.673 e.